The molecule has 0 unspecified atom stereocenters. The van der Waals surface area contributed by atoms with E-state index in [9.17, 15) is 14.9 Å². The van der Waals surface area contributed by atoms with Crippen LogP contribution < -0.4 is 10.2 Å². The standard InChI is InChI=1S/C14H13N7O5/c22-14(13-10(21(23)24)7-15-17-13)16-8-1-2-9(12-11(8)18-26-19-12)20-3-5-25-6-4-20/h1-2,7H,3-6H2,(H,15,17)(H,16,22). The zero-order valence-corrected chi connectivity index (χ0v) is 13.3. The van der Waals surface area contributed by atoms with Crippen LogP contribution in [0.5, 0.6) is 0 Å². The Kier molecular flexibility index (Phi) is 3.93. The molecule has 134 valence electrons. The Labute approximate surface area is 145 Å². The van der Waals surface area contributed by atoms with Gasteiger partial charge in [-0.3, -0.25) is 20.0 Å². The van der Waals surface area contributed by atoms with Crippen LogP contribution in [0, 0.1) is 10.1 Å². The molecule has 0 aliphatic carbocycles. The first kappa shape index (κ1) is 16.0. The lowest BCUT2D eigenvalue weighted by molar-refractivity contribution is -0.385. The number of rotatable bonds is 4. The number of hydrogen-bond donors (Lipinski definition) is 2. The van der Waals surface area contributed by atoms with Gasteiger partial charge in [-0.2, -0.15) is 5.10 Å². The summed E-state index contributed by atoms with van der Waals surface area (Å²) in [4.78, 5) is 24.7. The number of aromatic nitrogens is 4. The molecule has 1 aliphatic heterocycles. The Bertz CT molecular complexity index is 975. The summed E-state index contributed by atoms with van der Waals surface area (Å²) in [6.07, 6.45) is 0.976. The van der Waals surface area contributed by atoms with Crippen LogP contribution in [0.3, 0.4) is 0 Å². The highest BCUT2D eigenvalue weighted by molar-refractivity contribution is 6.10. The Balaban J connectivity index is 1.65. The molecule has 4 rings (SSSR count). The average Bonchev–Trinajstić information content (AvgIpc) is 3.32. The summed E-state index contributed by atoms with van der Waals surface area (Å²) in [5.41, 5.74) is 1.31. The van der Waals surface area contributed by atoms with Gasteiger partial charge in [-0.05, 0) is 22.4 Å². The lowest BCUT2D eigenvalue weighted by Gasteiger charge is -2.28. The molecule has 12 nitrogen and oxygen atoms in total. The molecule has 0 bridgehead atoms. The number of aromatic amines is 1. The fraction of sp³-hybridized carbons (Fsp3) is 0.286. The van der Waals surface area contributed by atoms with Crippen molar-refractivity contribution in [3.05, 3.63) is 34.1 Å². The zero-order chi connectivity index (χ0) is 18.1. The smallest absolute Gasteiger partial charge is 0.319 e. The molecule has 0 saturated carbocycles. The largest absolute Gasteiger partial charge is 0.378 e. The number of nitrogens with zero attached hydrogens (tertiary/aromatic N) is 5. The number of anilines is 2. The number of carbonyl (C=O) groups excluding carboxylic acids is 1. The number of fused-ring (bicyclic) bond motifs is 1. The van der Waals surface area contributed by atoms with Crippen molar-refractivity contribution in [2.24, 2.45) is 0 Å². The van der Waals surface area contributed by atoms with Crippen molar-refractivity contribution < 1.29 is 19.1 Å². The highest BCUT2D eigenvalue weighted by Gasteiger charge is 2.25. The van der Waals surface area contributed by atoms with E-state index in [2.05, 4.69) is 30.7 Å². The van der Waals surface area contributed by atoms with E-state index >= 15 is 0 Å². The van der Waals surface area contributed by atoms with Crippen LogP contribution in [-0.2, 0) is 4.74 Å². The molecule has 12 heteroatoms. The highest BCUT2D eigenvalue weighted by atomic mass is 16.6. The van der Waals surface area contributed by atoms with Crippen LogP contribution >= 0.6 is 0 Å². The van der Waals surface area contributed by atoms with Crippen molar-refractivity contribution in [3.8, 4) is 0 Å². The third-order valence-corrected chi connectivity index (χ3v) is 4.04. The summed E-state index contributed by atoms with van der Waals surface area (Å²) in [5.74, 6) is -0.711. The van der Waals surface area contributed by atoms with Crippen LogP contribution in [0.2, 0.25) is 0 Å². The van der Waals surface area contributed by atoms with Gasteiger partial charge >= 0.3 is 5.69 Å². The Hall–Kier alpha value is -3.54. The maximum Gasteiger partial charge on any atom is 0.319 e. The third kappa shape index (κ3) is 2.71. The minimum atomic E-state index is -0.711. The van der Waals surface area contributed by atoms with Crippen molar-refractivity contribution in [2.45, 2.75) is 0 Å². The lowest BCUT2D eigenvalue weighted by atomic mass is 10.2. The summed E-state index contributed by atoms with van der Waals surface area (Å²) < 4.78 is 10.2. The van der Waals surface area contributed by atoms with Crippen molar-refractivity contribution in [2.75, 3.05) is 36.5 Å². The number of hydrogen-bond acceptors (Lipinski definition) is 9. The first-order valence-electron chi connectivity index (χ1n) is 7.72. The molecule has 26 heavy (non-hydrogen) atoms. The SMILES string of the molecule is O=C(Nc1ccc(N2CCOCC2)c2nonc12)c1[nH]ncc1[N+](=O)[O-]. The molecule has 1 amide bonds. The normalized spacial score (nSPS) is 14.5. The van der Waals surface area contributed by atoms with Gasteiger partial charge in [0, 0.05) is 13.1 Å². The Morgan fingerprint density at radius 3 is 2.81 bits per heavy atom. The second-order valence-electron chi connectivity index (χ2n) is 5.53. The van der Waals surface area contributed by atoms with Crippen molar-refractivity contribution in [1.82, 2.24) is 20.5 Å². The van der Waals surface area contributed by atoms with Crippen LogP contribution in [0.25, 0.3) is 11.0 Å². The summed E-state index contributed by atoms with van der Waals surface area (Å²) in [5, 5.41) is 27.2. The van der Waals surface area contributed by atoms with Crippen LogP contribution in [-0.4, -0.2) is 57.6 Å². The number of amides is 1. The summed E-state index contributed by atoms with van der Waals surface area (Å²) in [7, 11) is 0. The summed E-state index contributed by atoms with van der Waals surface area (Å²) in [6.45, 7) is 2.62. The Morgan fingerprint density at radius 1 is 1.27 bits per heavy atom. The monoisotopic (exact) mass is 359 g/mol. The lowest BCUT2D eigenvalue weighted by Crippen LogP contribution is -2.36. The number of carbonyl (C=O) groups is 1. The predicted octanol–water partition coefficient (Wildman–Crippen LogP) is 0.943. The number of H-pyrrole nitrogens is 1. The van der Waals surface area contributed by atoms with Crippen LogP contribution in [0.15, 0.2) is 23.0 Å². The molecular weight excluding hydrogens is 346 g/mol. The highest BCUT2D eigenvalue weighted by Crippen LogP contribution is 2.31. The topological polar surface area (TPSA) is 152 Å². The molecule has 3 aromatic rings. The number of morpholine rings is 1. The van der Waals surface area contributed by atoms with E-state index in [0.717, 1.165) is 11.9 Å². The average molecular weight is 359 g/mol. The number of nitrogens with one attached hydrogen (secondary N) is 2. The van der Waals surface area contributed by atoms with Gasteiger partial charge in [-0.15, -0.1) is 0 Å². The van der Waals surface area contributed by atoms with Gasteiger partial charge in [-0.25, -0.2) is 4.63 Å². The van der Waals surface area contributed by atoms with Gasteiger partial charge in [0.1, 0.15) is 6.20 Å². The van der Waals surface area contributed by atoms with Gasteiger partial charge in [0.05, 0.1) is 29.5 Å². The molecular formula is C14H13N7O5. The van der Waals surface area contributed by atoms with Crippen molar-refractivity contribution >= 4 is 34.0 Å². The summed E-state index contributed by atoms with van der Waals surface area (Å²) >= 11 is 0. The first-order valence-corrected chi connectivity index (χ1v) is 7.72. The molecule has 1 aliphatic rings. The van der Waals surface area contributed by atoms with Crippen molar-refractivity contribution in [1.29, 1.82) is 0 Å². The second-order valence-corrected chi connectivity index (χ2v) is 5.53. The van der Waals surface area contributed by atoms with Crippen LogP contribution in [0.1, 0.15) is 10.5 Å². The quantitative estimate of drug-likeness (QED) is 0.512. The molecule has 1 aromatic carbocycles. The minimum absolute atomic E-state index is 0.253. The van der Waals surface area contributed by atoms with E-state index in [-0.39, 0.29) is 5.69 Å². The van der Waals surface area contributed by atoms with Gasteiger partial charge in [-0.1, -0.05) is 0 Å². The Morgan fingerprint density at radius 2 is 2.04 bits per heavy atom. The van der Waals surface area contributed by atoms with Gasteiger partial charge in [0.2, 0.25) is 5.69 Å². The van der Waals surface area contributed by atoms with E-state index in [0.29, 0.717) is 43.0 Å². The molecule has 1 saturated heterocycles. The van der Waals surface area contributed by atoms with E-state index in [1.807, 2.05) is 0 Å². The molecule has 0 radical (unpaired) electrons. The third-order valence-electron chi connectivity index (χ3n) is 4.04. The summed E-state index contributed by atoms with van der Waals surface area (Å²) in [6, 6.07) is 3.44. The van der Waals surface area contributed by atoms with Gasteiger partial charge in [0.15, 0.2) is 11.0 Å². The zero-order valence-electron chi connectivity index (χ0n) is 13.3. The number of nitro groups is 1. The van der Waals surface area contributed by atoms with E-state index in [4.69, 9.17) is 9.37 Å². The predicted molar refractivity (Wildman–Crippen MR) is 88.0 cm³/mol. The van der Waals surface area contributed by atoms with Crippen LogP contribution in [0.4, 0.5) is 17.1 Å². The number of benzene rings is 1. The fourth-order valence-electron chi connectivity index (χ4n) is 2.78. The maximum atomic E-state index is 12.4. The van der Waals surface area contributed by atoms with E-state index in [1.165, 1.54) is 0 Å². The minimum Gasteiger partial charge on any atom is -0.378 e. The first-order chi connectivity index (χ1) is 12.6. The molecule has 0 atom stereocenters. The molecule has 2 aromatic heterocycles. The maximum absolute atomic E-state index is 12.4. The molecule has 2 N–H and O–H groups in total. The molecule has 0 spiro atoms. The van der Waals surface area contributed by atoms with E-state index < -0.39 is 16.5 Å². The van der Waals surface area contributed by atoms with Gasteiger partial charge in [0.25, 0.3) is 5.91 Å². The van der Waals surface area contributed by atoms with E-state index in [1.54, 1.807) is 12.1 Å². The van der Waals surface area contributed by atoms with Gasteiger partial charge < -0.3 is 15.0 Å². The molecule has 3 heterocycles. The fourth-order valence-corrected chi connectivity index (χ4v) is 2.78. The van der Waals surface area contributed by atoms with Crippen molar-refractivity contribution in [3.63, 3.8) is 0 Å². The molecule has 1 fully saturated rings. The second kappa shape index (κ2) is 6.40. The number of ether oxygens (including phenoxy) is 1.